The van der Waals surface area contributed by atoms with Crippen LogP contribution in [0.1, 0.15) is 11.1 Å². The Balaban J connectivity index is 1.64. The summed E-state index contributed by atoms with van der Waals surface area (Å²) in [4.78, 5) is 24.9. The lowest BCUT2D eigenvalue weighted by molar-refractivity contribution is -0.143. The Morgan fingerprint density at radius 3 is 2.68 bits per heavy atom. The van der Waals surface area contributed by atoms with Gasteiger partial charge in [0.25, 0.3) is 5.91 Å². The molecule has 0 saturated carbocycles. The van der Waals surface area contributed by atoms with Gasteiger partial charge in [0.15, 0.2) is 5.11 Å². The van der Waals surface area contributed by atoms with Crippen molar-refractivity contribution in [1.29, 1.82) is 0 Å². The molecule has 1 heterocycles. The number of nitrogens with zero attached hydrogens (tertiary/aromatic N) is 1. The number of amides is 1. The highest BCUT2D eigenvalue weighted by Crippen LogP contribution is 2.18. The van der Waals surface area contributed by atoms with Crippen LogP contribution in [-0.4, -0.2) is 35.5 Å². The maximum atomic E-state index is 13.2. The van der Waals surface area contributed by atoms with Crippen LogP contribution < -0.4 is 10.1 Å². The summed E-state index contributed by atoms with van der Waals surface area (Å²) in [6.45, 7) is 0.000358. The predicted octanol–water partition coefficient (Wildman–Crippen LogP) is 2.64. The maximum absolute atomic E-state index is 13.2. The minimum absolute atomic E-state index is 0.150. The Morgan fingerprint density at radius 2 is 2.00 bits per heavy atom. The molecule has 0 aliphatic carbocycles. The van der Waals surface area contributed by atoms with E-state index in [0.29, 0.717) is 5.75 Å². The number of methoxy groups -OCH3 is 1. The molecule has 0 atom stereocenters. The van der Waals surface area contributed by atoms with Crippen LogP contribution in [0, 0.1) is 5.82 Å². The first-order valence-electron chi connectivity index (χ1n) is 8.35. The largest absolute Gasteiger partial charge is 0.489 e. The summed E-state index contributed by atoms with van der Waals surface area (Å²) >= 11 is 5.09. The number of benzene rings is 2. The van der Waals surface area contributed by atoms with Gasteiger partial charge in [-0.1, -0.05) is 24.3 Å². The summed E-state index contributed by atoms with van der Waals surface area (Å²) in [5.74, 6) is -0.656. The number of esters is 1. The van der Waals surface area contributed by atoms with Crippen molar-refractivity contribution in [3.63, 3.8) is 0 Å². The minimum atomic E-state index is -0.557. The second kappa shape index (κ2) is 8.62. The molecule has 1 saturated heterocycles. The van der Waals surface area contributed by atoms with Crippen molar-refractivity contribution in [2.75, 3.05) is 13.7 Å². The van der Waals surface area contributed by atoms with E-state index in [-0.39, 0.29) is 29.8 Å². The summed E-state index contributed by atoms with van der Waals surface area (Å²) in [5, 5.41) is 2.94. The topological polar surface area (TPSA) is 67.9 Å². The lowest BCUT2D eigenvalue weighted by atomic mass is 10.2. The van der Waals surface area contributed by atoms with Crippen molar-refractivity contribution in [3.8, 4) is 5.75 Å². The fourth-order valence-corrected chi connectivity index (χ4v) is 2.79. The van der Waals surface area contributed by atoms with E-state index in [4.69, 9.17) is 17.0 Å². The molecule has 28 heavy (non-hydrogen) atoms. The molecule has 2 aromatic rings. The first-order valence-corrected chi connectivity index (χ1v) is 8.76. The smallest absolute Gasteiger partial charge is 0.325 e. The summed E-state index contributed by atoms with van der Waals surface area (Å²) in [6.07, 6.45) is 1.63. The fourth-order valence-electron chi connectivity index (χ4n) is 2.53. The van der Waals surface area contributed by atoms with Gasteiger partial charge in [-0.05, 0) is 53.7 Å². The summed E-state index contributed by atoms with van der Waals surface area (Å²) in [7, 11) is 1.24. The van der Waals surface area contributed by atoms with Gasteiger partial charge >= 0.3 is 5.97 Å². The molecule has 2 aromatic carbocycles. The lowest BCUT2D eigenvalue weighted by Gasteiger charge is -2.11. The average molecular weight is 400 g/mol. The standard InChI is InChI=1S/C20H17FN2O4S/c1-26-18(24)11-23-19(25)17(22-20(23)28)10-13-5-7-16(8-6-13)27-12-14-3-2-4-15(21)9-14/h2-10H,11-12H2,1H3,(H,22,28)/b17-10-. The summed E-state index contributed by atoms with van der Waals surface area (Å²) < 4.78 is 23.4. The van der Waals surface area contributed by atoms with Crippen molar-refractivity contribution in [2.45, 2.75) is 6.61 Å². The van der Waals surface area contributed by atoms with E-state index in [1.165, 1.54) is 19.2 Å². The van der Waals surface area contributed by atoms with E-state index in [2.05, 4.69) is 10.1 Å². The monoisotopic (exact) mass is 400 g/mol. The highest BCUT2D eigenvalue weighted by molar-refractivity contribution is 7.80. The number of nitrogens with one attached hydrogen (secondary N) is 1. The average Bonchev–Trinajstić information content (AvgIpc) is 2.94. The predicted molar refractivity (Wildman–Crippen MR) is 105 cm³/mol. The van der Waals surface area contributed by atoms with Gasteiger partial charge in [0, 0.05) is 0 Å². The van der Waals surface area contributed by atoms with Gasteiger partial charge in [-0.2, -0.15) is 0 Å². The number of hydrogen-bond donors (Lipinski definition) is 1. The SMILES string of the molecule is COC(=O)CN1C(=O)/C(=C/c2ccc(OCc3cccc(F)c3)cc2)NC1=S. The molecule has 8 heteroatoms. The quantitative estimate of drug-likeness (QED) is 0.457. The molecule has 3 rings (SSSR count). The number of carbonyl (C=O) groups is 2. The highest BCUT2D eigenvalue weighted by Gasteiger charge is 2.32. The van der Waals surface area contributed by atoms with Gasteiger partial charge in [-0.3, -0.25) is 14.5 Å². The molecular formula is C20H17FN2O4S. The van der Waals surface area contributed by atoms with E-state index >= 15 is 0 Å². The first-order chi connectivity index (χ1) is 13.5. The first kappa shape index (κ1) is 19.5. The highest BCUT2D eigenvalue weighted by atomic mass is 32.1. The van der Waals surface area contributed by atoms with Gasteiger partial charge in [0.05, 0.1) is 7.11 Å². The van der Waals surface area contributed by atoms with Crippen LogP contribution in [-0.2, 0) is 20.9 Å². The zero-order valence-electron chi connectivity index (χ0n) is 15.0. The van der Waals surface area contributed by atoms with Gasteiger partial charge in [-0.25, -0.2) is 4.39 Å². The van der Waals surface area contributed by atoms with E-state index in [0.717, 1.165) is 16.0 Å². The lowest BCUT2D eigenvalue weighted by Crippen LogP contribution is -2.35. The van der Waals surface area contributed by atoms with E-state index < -0.39 is 11.9 Å². The third kappa shape index (κ3) is 4.72. The van der Waals surface area contributed by atoms with Crippen molar-refractivity contribution in [2.24, 2.45) is 0 Å². The normalized spacial score (nSPS) is 14.9. The van der Waals surface area contributed by atoms with E-state index in [9.17, 15) is 14.0 Å². The minimum Gasteiger partial charge on any atom is -0.489 e. The summed E-state index contributed by atoms with van der Waals surface area (Å²) in [5.41, 5.74) is 1.74. The van der Waals surface area contributed by atoms with Crippen molar-refractivity contribution in [1.82, 2.24) is 10.2 Å². The Kier molecular flexibility index (Phi) is 6.00. The van der Waals surface area contributed by atoms with Crippen LogP contribution in [0.15, 0.2) is 54.2 Å². The molecule has 0 radical (unpaired) electrons. The molecule has 0 bridgehead atoms. The zero-order valence-corrected chi connectivity index (χ0v) is 15.8. The molecule has 6 nitrogen and oxygen atoms in total. The zero-order chi connectivity index (χ0) is 20.1. The molecule has 1 N–H and O–H groups in total. The summed E-state index contributed by atoms with van der Waals surface area (Å²) in [6, 6.07) is 13.2. The third-order valence-electron chi connectivity index (χ3n) is 3.96. The molecular weight excluding hydrogens is 383 g/mol. The van der Waals surface area contributed by atoms with Crippen LogP contribution in [0.4, 0.5) is 4.39 Å². The Hall–Kier alpha value is -3.26. The molecule has 1 fully saturated rings. The molecule has 1 aliphatic heterocycles. The molecule has 0 aromatic heterocycles. The third-order valence-corrected chi connectivity index (χ3v) is 4.29. The number of rotatable bonds is 6. The molecule has 144 valence electrons. The molecule has 1 amide bonds. The van der Waals surface area contributed by atoms with Gasteiger partial charge < -0.3 is 14.8 Å². The van der Waals surface area contributed by atoms with Crippen LogP contribution in [0.3, 0.4) is 0 Å². The fraction of sp³-hybridized carbons (Fsp3) is 0.150. The van der Waals surface area contributed by atoms with E-state index in [1.807, 2.05) is 0 Å². The van der Waals surface area contributed by atoms with Crippen molar-refractivity contribution in [3.05, 3.63) is 71.2 Å². The van der Waals surface area contributed by atoms with Crippen molar-refractivity contribution >= 4 is 35.3 Å². The van der Waals surface area contributed by atoms with Crippen LogP contribution >= 0.6 is 12.2 Å². The molecule has 1 aliphatic rings. The van der Waals surface area contributed by atoms with Gasteiger partial charge in [0.2, 0.25) is 0 Å². The maximum Gasteiger partial charge on any atom is 0.325 e. The van der Waals surface area contributed by atoms with E-state index in [1.54, 1.807) is 42.5 Å². The second-order valence-corrected chi connectivity index (χ2v) is 6.33. The number of halogens is 1. The van der Waals surface area contributed by atoms with Crippen LogP contribution in [0.5, 0.6) is 5.75 Å². The van der Waals surface area contributed by atoms with Crippen LogP contribution in [0.25, 0.3) is 6.08 Å². The number of thiocarbonyl (C=S) groups is 1. The number of carbonyl (C=O) groups excluding carboxylic acids is 2. The van der Waals surface area contributed by atoms with Crippen LogP contribution in [0.2, 0.25) is 0 Å². The Bertz CT molecular complexity index is 943. The molecule has 0 unspecified atom stereocenters. The second-order valence-electron chi connectivity index (χ2n) is 5.94. The Labute approximate surface area is 166 Å². The van der Waals surface area contributed by atoms with Crippen molar-refractivity contribution < 1.29 is 23.5 Å². The van der Waals surface area contributed by atoms with Gasteiger partial charge in [0.1, 0.15) is 30.4 Å². The van der Waals surface area contributed by atoms with Gasteiger partial charge in [-0.15, -0.1) is 0 Å². The number of hydrogen-bond acceptors (Lipinski definition) is 5. The molecule has 0 spiro atoms. The number of ether oxygens (including phenoxy) is 2. The Morgan fingerprint density at radius 1 is 1.25 bits per heavy atom.